The fourth-order valence-electron chi connectivity index (χ4n) is 5.52. The van der Waals surface area contributed by atoms with Crippen LogP contribution < -0.4 is 0 Å². The first-order valence-corrected chi connectivity index (χ1v) is 15.4. The van der Waals surface area contributed by atoms with E-state index in [9.17, 15) is 8.42 Å². The summed E-state index contributed by atoms with van der Waals surface area (Å²) in [5.41, 5.74) is 4.31. The lowest BCUT2D eigenvalue weighted by atomic mass is 9.91. The third-order valence-electron chi connectivity index (χ3n) is 7.52. The quantitative estimate of drug-likeness (QED) is 0.419. The first-order chi connectivity index (χ1) is 16.8. The largest absolute Gasteiger partial charge is 0.472 e. The van der Waals surface area contributed by atoms with Gasteiger partial charge in [0.15, 0.2) is 15.0 Å². The molecule has 0 bridgehead atoms. The summed E-state index contributed by atoms with van der Waals surface area (Å²) in [5, 5.41) is 0.952. The maximum atomic E-state index is 12.0. The van der Waals surface area contributed by atoms with Gasteiger partial charge in [-0.05, 0) is 69.3 Å². The van der Waals surface area contributed by atoms with Crippen LogP contribution in [-0.4, -0.2) is 66.5 Å². The molecule has 0 aliphatic carbocycles. The average Bonchev–Trinajstić information content (AvgIpc) is 3.50. The van der Waals surface area contributed by atoms with Gasteiger partial charge in [0.1, 0.15) is 0 Å². The van der Waals surface area contributed by atoms with Gasteiger partial charge in [0.2, 0.25) is 0 Å². The predicted octanol–water partition coefficient (Wildman–Crippen LogP) is 4.82. The number of nitrogens with zero attached hydrogens (tertiary/aromatic N) is 4. The summed E-state index contributed by atoms with van der Waals surface area (Å²) < 4.78 is 31.5. The fraction of sp³-hybridized carbons (Fsp3) is 0.500. The molecule has 188 valence electrons. The van der Waals surface area contributed by atoms with Crippen molar-refractivity contribution in [3.05, 3.63) is 54.6 Å². The molecule has 0 amide bonds. The summed E-state index contributed by atoms with van der Waals surface area (Å²) in [4.78, 5) is 10.1. The number of piperidine rings is 2. The van der Waals surface area contributed by atoms with Crippen LogP contribution in [0.2, 0.25) is 0 Å². The molecule has 0 spiro atoms. The zero-order valence-electron chi connectivity index (χ0n) is 20.5. The summed E-state index contributed by atoms with van der Waals surface area (Å²) >= 11 is 1.62. The van der Waals surface area contributed by atoms with Crippen molar-refractivity contribution in [2.24, 2.45) is 5.92 Å². The van der Waals surface area contributed by atoms with Gasteiger partial charge in [0.25, 0.3) is 0 Å². The summed E-state index contributed by atoms with van der Waals surface area (Å²) in [7, 11) is -3.25. The number of furan rings is 1. The standard InChI is InChI=1S/C26H34N4O3S2/c1-19(21-6-11-28(12-7-21)17-20-10-15-33-18-20)29-13-8-22(9-14-29)30-25-5-4-23(35(3,31)32)16-24(25)27-26(30)34-2/h4-5,10,15-16,18,21-22H,1,6-9,11-14,17H2,2-3H3. The molecule has 2 aliphatic rings. The van der Waals surface area contributed by atoms with Crippen molar-refractivity contribution >= 4 is 32.6 Å². The number of likely N-dealkylation sites (tertiary alicyclic amines) is 2. The monoisotopic (exact) mass is 514 g/mol. The maximum Gasteiger partial charge on any atom is 0.175 e. The van der Waals surface area contributed by atoms with Crippen molar-refractivity contribution < 1.29 is 12.8 Å². The molecular formula is C26H34N4O3S2. The zero-order valence-corrected chi connectivity index (χ0v) is 22.2. The van der Waals surface area contributed by atoms with E-state index in [0.717, 1.165) is 74.6 Å². The molecule has 0 unspecified atom stereocenters. The van der Waals surface area contributed by atoms with E-state index in [1.807, 2.05) is 24.7 Å². The minimum absolute atomic E-state index is 0.323. The minimum Gasteiger partial charge on any atom is -0.472 e. The number of allylic oxidation sites excluding steroid dienone is 1. The molecule has 0 saturated carbocycles. The van der Waals surface area contributed by atoms with E-state index in [-0.39, 0.29) is 0 Å². The smallest absolute Gasteiger partial charge is 0.175 e. The summed E-state index contributed by atoms with van der Waals surface area (Å²) in [6, 6.07) is 7.73. The van der Waals surface area contributed by atoms with Gasteiger partial charge in [-0.1, -0.05) is 18.3 Å². The van der Waals surface area contributed by atoms with E-state index in [2.05, 4.69) is 20.9 Å². The molecule has 35 heavy (non-hydrogen) atoms. The first kappa shape index (κ1) is 24.5. The van der Waals surface area contributed by atoms with E-state index in [0.29, 0.717) is 16.9 Å². The summed E-state index contributed by atoms with van der Waals surface area (Å²) in [5.74, 6) is 0.553. The van der Waals surface area contributed by atoms with E-state index >= 15 is 0 Å². The number of hydrogen-bond donors (Lipinski definition) is 0. The fourth-order valence-corrected chi connectivity index (χ4v) is 6.79. The lowest BCUT2D eigenvalue weighted by Gasteiger charge is -2.40. The van der Waals surface area contributed by atoms with E-state index < -0.39 is 9.84 Å². The van der Waals surface area contributed by atoms with E-state index in [1.54, 1.807) is 30.2 Å². The van der Waals surface area contributed by atoms with Crippen LogP contribution in [0.1, 0.15) is 37.3 Å². The predicted molar refractivity (Wildman–Crippen MR) is 140 cm³/mol. The number of sulfone groups is 1. The first-order valence-electron chi connectivity index (χ1n) is 12.3. The van der Waals surface area contributed by atoms with Crippen molar-refractivity contribution in [3.8, 4) is 0 Å². The van der Waals surface area contributed by atoms with Gasteiger partial charge in [-0.3, -0.25) is 4.90 Å². The van der Waals surface area contributed by atoms with Crippen LogP contribution >= 0.6 is 11.8 Å². The molecule has 2 aromatic heterocycles. The SMILES string of the molecule is C=C(C1CCN(Cc2ccoc2)CC1)N1CCC(n2c(SC)nc3cc(S(C)(=O)=O)ccc32)CC1. The van der Waals surface area contributed by atoms with Crippen molar-refractivity contribution in [3.63, 3.8) is 0 Å². The second-order valence-corrected chi connectivity index (χ2v) is 12.6. The highest BCUT2D eigenvalue weighted by Crippen LogP contribution is 2.35. The molecule has 3 aromatic rings. The maximum absolute atomic E-state index is 12.0. The Morgan fingerprint density at radius 3 is 2.51 bits per heavy atom. The van der Waals surface area contributed by atoms with E-state index in [4.69, 9.17) is 9.40 Å². The molecule has 4 heterocycles. The zero-order chi connectivity index (χ0) is 24.6. The lowest BCUT2D eigenvalue weighted by Crippen LogP contribution is -2.40. The van der Waals surface area contributed by atoms with Crippen molar-refractivity contribution in [1.29, 1.82) is 0 Å². The van der Waals surface area contributed by atoms with Crippen LogP contribution in [-0.2, 0) is 16.4 Å². The van der Waals surface area contributed by atoms with Crippen LogP contribution in [0.25, 0.3) is 11.0 Å². The Bertz CT molecular complexity index is 1280. The normalized spacial score (nSPS) is 19.0. The molecule has 1 aromatic carbocycles. The van der Waals surface area contributed by atoms with Gasteiger partial charge in [-0.15, -0.1) is 0 Å². The lowest BCUT2D eigenvalue weighted by molar-refractivity contribution is 0.153. The second-order valence-electron chi connectivity index (χ2n) is 9.78. The van der Waals surface area contributed by atoms with E-state index in [1.165, 1.54) is 17.5 Å². The van der Waals surface area contributed by atoms with Crippen LogP contribution in [0.4, 0.5) is 0 Å². The Kier molecular flexibility index (Phi) is 7.01. The molecular weight excluding hydrogens is 480 g/mol. The topological polar surface area (TPSA) is 71.6 Å². The Hall–Kier alpha value is -2.23. The number of benzene rings is 1. The van der Waals surface area contributed by atoms with Gasteiger partial charge in [-0.2, -0.15) is 0 Å². The molecule has 9 heteroatoms. The second kappa shape index (κ2) is 10.0. The molecule has 0 radical (unpaired) electrons. The van der Waals surface area contributed by atoms with Gasteiger partial charge in [0, 0.05) is 49.1 Å². The van der Waals surface area contributed by atoms with Gasteiger partial charge in [-0.25, -0.2) is 13.4 Å². The molecule has 2 saturated heterocycles. The molecule has 0 atom stereocenters. The summed E-state index contributed by atoms with van der Waals surface area (Å²) in [6.45, 7) is 9.66. The van der Waals surface area contributed by atoms with Gasteiger partial charge >= 0.3 is 0 Å². The number of fused-ring (bicyclic) bond motifs is 1. The van der Waals surface area contributed by atoms with Crippen molar-refractivity contribution in [1.82, 2.24) is 19.4 Å². The number of aromatic nitrogens is 2. The van der Waals surface area contributed by atoms with Gasteiger partial charge < -0.3 is 13.9 Å². The van der Waals surface area contributed by atoms with Crippen molar-refractivity contribution in [2.45, 2.75) is 48.3 Å². The third kappa shape index (κ3) is 5.17. The molecule has 2 fully saturated rings. The highest BCUT2D eigenvalue weighted by molar-refractivity contribution is 7.98. The molecule has 7 nitrogen and oxygen atoms in total. The third-order valence-corrected chi connectivity index (χ3v) is 9.28. The molecule has 5 rings (SSSR count). The van der Waals surface area contributed by atoms with Crippen molar-refractivity contribution in [2.75, 3.05) is 38.7 Å². The Morgan fingerprint density at radius 2 is 1.89 bits per heavy atom. The van der Waals surface area contributed by atoms with Crippen LogP contribution in [0.3, 0.4) is 0 Å². The summed E-state index contributed by atoms with van der Waals surface area (Å²) in [6.07, 6.45) is 11.2. The van der Waals surface area contributed by atoms with Crippen LogP contribution in [0.5, 0.6) is 0 Å². The van der Waals surface area contributed by atoms with Crippen LogP contribution in [0, 0.1) is 5.92 Å². The molecule has 0 N–H and O–H groups in total. The highest BCUT2D eigenvalue weighted by Gasteiger charge is 2.29. The Balaban J connectivity index is 1.21. The highest BCUT2D eigenvalue weighted by atomic mass is 32.2. The average molecular weight is 515 g/mol. The number of rotatable bonds is 7. The number of imidazole rings is 1. The Morgan fingerprint density at radius 1 is 1.14 bits per heavy atom. The number of thioether (sulfide) groups is 1. The van der Waals surface area contributed by atoms with Crippen LogP contribution in [0.15, 0.2) is 63.5 Å². The number of hydrogen-bond acceptors (Lipinski definition) is 7. The minimum atomic E-state index is -3.25. The molecule has 2 aliphatic heterocycles. The Labute approximate surface area is 212 Å². The van der Waals surface area contributed by atoms with Gasteiger partial charge in [0.05, 0.1) is 28.5 Å².